The van der Waals surface area contributed by atoms with Gasteiger partial charge in [0.1, 0.15) is 0 Å². The molecule has 0 atom stereocenters. The molecule has 104 valence electrons. The van der Waals surface area contributed by atoms with Gasteiger partial charge in [0.15, 0.2) is 0 Å². The molecular formula is C11H19ClN2O2S2. The Morgan fingerprint density at radius 1 is 1.33 bits per heavy atom. The van der Waals surface area contributed by atoms with E-state index in [0.29, 0.717) is 17.3 Å². The molecule has 0 aliphatic carbocycles. The van der Waals surface area contributed by atoms with Crippen LogP contribution in [0.15, 0.2) is 12.1 Å². The second-order valence-corrected chi connectivity index (χ2v) is 7.63. The summed E-state index contributed by atoms with van der Waals surface area (Å²) in [6.07, 6.45) is 1.55. The maximum Gasteiger partial charge on any atom is 0.211 e. The zero-order valence-corrected chi connectivity index (χ0v) is 12.8. The van der Waals surface area contributed by atoms with Gasteiger partial charge in [0.05, 0.1) is 10.1 Å². The molecule has 0 radical (unpaired) electrons. The van der Waals surface area contributed by atoms with Gasteiger partial charge in [-0.05, 0) is 38.1 Å². The van der Waals surface area contributed by atoms with E-state index in [1.165, 1.54) is 11.3 Å². The first kappa shape index (κ1) is 15.9. The Balaban J connectivity index is 2.23. The average molecular weight is 311 g/mol. The molecule has 0 saturated heterocycles. The summed E-state index contributed by atoms with van der Waals surface area (Å²) in [5.41, 5.74) is 0. The van der Waals surface area contributed by atoms with Gasteiger partial charge >= 0.3 is 0 Å². The number of hydrogen-bond acceptors (Lipinski definition) is 4. The topological polar surface area (TPSA) is 58.2 Å². The minimum absolute atomic E-state index is 0.178. The SMILES string of the molecule is CCNCCCCS(=O)(=O)NCc1ccc(Cl)s1. The Labute approximate surface area is 118 Å². The van der Waals surface area contributed by atoms with Crippen molar-refractivity contribution in [3.8, 4) is 0 Å². The largest absolute Gasteiger partial charge is 0.317 e. The molecule has 4 nitrogen and oxygen atoms in total. The van der Waals surface area contributed by atoms with Gasteiger partial charge in [-0.3, -0.25) is 0 Å². The first-order valence-electron chi connectivity index (χ1n) is 5.96. The van der Waals surface area contributed by atoms with E-state index in [0.717, 1.165) is 24.4 Å². The van der Waals surface area contributed by atoms with Crippen LogP contribution in [0.1, 0.15) is 24.6 Å². The van der Waals surface area contributed by atoms with E-state index in [-0.39, 0.29) is 5.75 Å². The molecular weight excluding hydrogens is 292 g/mol. The van der Waals surface area contributed by atoms with Crippen molar-refractivity contribution in [2.24, 2.45) is 0 Å². The van der Waals surface area contributed by atoms with Gasteiger partial charge in [0, 0.05) is 11.4 Å². The molecule has 0 amide bonds. The lowest BCUT2D eigenvalue weighted by atomic mass is 10.3. The fourth-order valence-electron chi connectivity index (χ4n) is 1.42. The van der Waals surface area contributed by atoms with E-state index in [9.17, 15) is 8.42 Å². The summed E-state index contributed by atoms with van der Waals surface area (Å²) >= 11 is 7.17. The molecule has 0 fully saturated rings. The summed E-state index contributed by atoms with van der Waals surface area (Å²) < 4.78 is 26.6. The van der Waals surface area contributed by atoms with Crippen LogP contribution >= 0.6 is 22.9 Å². The smallest absolute Gasteiger partial charge is 0.211 e. The summed E-state index contributed by atoms with van der Waals surface area (Å²) in [7, 11) is -3.17. The number of unbranched alkanes of at least 4 members (excludes halogenated alkanes) is 1. The monoisotopic (exact) mass is 310 g/mol. The third-order valence-corrected chi connectivity index (χ3v) is 5.00. The van der Waals surface area contributed by atoms with E-state index in [1.54, 1.807) is 6.07 Å². The number of thiophene rings is 1. The lowest BCUT2D eigenvalue weighted by molar-refractivity contribution is 0.574. The summed E-state index contributed by atoms with van der Waals surface area (Å²) in [4.78, 5) is 0.927. The van der Waals surface area contributed by atoms with Crippen LogP contribution in [0.25, 0.3) is 0 Å². The number of nitrogens with one attached hydrogen (secondary N) is 2. The van der Waals surface area contributed by atoms with Crippen molar-refractivity contribution >= 4 is 33.0 Å². The van der Waals surface area contributed by atoms with Gasteiger partial charge < -0.3 is 5.32 Å². The van der Waals surface area contributed by atoms with E-state index < -0.39 is 10.0 Å². The van der Waals surface area contributed by atoms with Crippen molar-refractivity contribution in [3.05, 3.63) is 21.3 Å². The molecule has 0 aliphatic heterocycles. The Morgan fingerprint density at radius 2 is 2.11 bits per heavy atom. The van der Waals surface area contributed by atoms with Crippen LogP contribution in [0.2, 0.25) is 4.34 Å². The second kappa shape index (κ2) is 8.12. The maximum absolute atomic E-state index is 11.7. The molecule has 1 aromatic heterocycles. The molecule has 0 unspecified atom stereocenters. The maximum atomic E-state index is 11.7. The van der Waals surface area contributed by atoms with Crippen LogP contribution in [-0.4, -0.2) is 27.3 Å². The molecule has 1 rings (SSSR count). The van der Waals surface area contributed by atoms with E-state index >= 15 is 0 Å². The molecule has 0 bridgehead atoms. The van der Waals surface area contributed by atoms with Crippen molar-refractivity contribution < 1.29 is 8.42 Å². The molecule has 1 heterocycles. The Morgan fingerprint density at radius 3 is 2.72 bits per heavy atom. The zero-order valence-electron chi connectivity index (χ0n) is 10.4. The molecule has 2 N–H and O–H groups in total. The second-order valence-electron chi connectivity index (χ2n) is 3.91. The highest BCUT2D eigenvalue weighted by Crippen LogP contribution is 2.21. The molecule has 0 saturated carbocycles. The van der Waals surface area contributed by atoms with Crippen molar-refractivity contribution in [3.63, 3.8) is 0 Å². The fourth-order valence-corrected chi connectivity index (χ4v) is 3.64. The van der Waals surface area contributed by atoms with Crippen molar-refractivity contribution in [1.82, 2.24) is 10.0 Å². The average Bonchev–Trinajstić information content (AvgIpc) is 2.73. The predicted octanol–water partition coefficient (Wildman–Crippen LogP) is 2.21. The van der Waals surface area contributed by atoms with Gasteiger partial charge in [0.2, 0.25) is 10.0 Å². The number of hydrogen-bond donors (Lipinski definition) is 2. The van der Waals surface area contributed by atoms with Gasteiger partial charge in [-0.2, -0.15) is 0 Å². The van der Waals surface area contributed by atoms with Crippen LogP contribution in [0.3, 0.4) is 0 Å². The Bertz CT molecular complexity index is 446. The summed E-state index contributed by atoms with van der Waals surface area (Å²) in [5.74, 6) is 0.178. The Kier molecular flexibility index (Phi) is 7.18. The van der Waals surface area contributed by atoms with Gasteiger partial charge in [-0.1, -0.05) is 18.5 Å². The third-order valence-electron chi connectivity index (χ3n) is 2.36. The predicted molar refractivity (Wildman–Crippen MR) is 77.7 cm³/mol. The molecule has 7 heteroatoms. The normalized spacial score (nSPS) is 11.9. The highest BCUT2D eigenvalue weighted by atomic mass is 35.5. The number of halogens is 1. The van der Waals surface area contributed by atoms with Gasteiger partial charge in [-0.15, -0.1) is 11.3 Å². The van der Waals surface area contributed by atoms with Crippen LogP contribution in [0.4, 0.5) is 0 Å². The van der Waals surface area contributed by atoms with Crippen LogP contribution in [0.5, 0.6) is 0 Å². The molecule has 0 spiro atoms. The lowest BCUT2D eigenvalue weighted by Crippen LogP contribution is -2.26. The standard InChI is InChI=1S/C11H19ClN2O2S2/c1-2-13-7-3-4-8-18(15,16)14-9-10-5-6-11(12)17-10/h5-6,13-14H,2-4,7-9H2,1H3. The van der Waals surface area contributed by atoms with E-state index in [1.807, 2.05) is 13.0 Å². The van der Waals surface area contributed by atoms with Crippen LogP contribution < -0.4 is 10.0 Å². The first-order chi connectivity index (χ1) is 8.53. The van der Waals surface area contributed by atoms with Gasteiger partial charge in [0.25, 0.3) is 0 Å². The molecule has 0 aliphatic rings. The highest BCUT2D eigenvalue weighted by Gasteiger charge is 2.10. The minimum atomic E-state index is -3.17. The summed E-state index contributed by atoms with van der Waals surface area (Å²) in [6.45, 7) is 4.15. The van der Waals surface area contributed by atoms with E-state index in [4.69, 9.17) is 11.6 Å². The van der Waals surface area contributed by atoms with Crippen LogP contribution in [-0.2, 0) is 16.6 Å². The fraction of sp³-hybridized carbons (Fsp3) is 0.636. The molecule has 1 aromatic rings. The van der Waals surface area contributed by atoms with Crippen LogP contribution in [0, 0.1) is 0 Å². The minimum Gasteiger partial charge on any atom is -0.317 e. The lowest BCUT2D eigenvalue weighted by Gasteiger charge is -2.05. The summed E-state index contributed by atoms with van der Waals surface area (Å²) in [5, 5.41) is 3.17. The van der Waals surface area contributed by atoms with Gasteiger partial charge in [-0.25, -0.2) is 13.1 Å². The number of rotatable bonds is 9. The van der Waals surface area contributed by atoms with Crippen molar-refractivity contribution in [2.75, 3.05) is 18.8 Å². The van der Waals surface area contributed by atoms with Crippen molar-refractivity contribution in [1.29, 1.82) is 0 Å². The van der Waals surface area contributed by atoms with Crippen molar-refractivity contribution in [2.45, 2.75) is 26.3 Å². The quantitative estimate of drug-likeness (QED) is 0.688. The zero-order chi connectivity index (χ0) is 13.4. The summed E-state index contributed by atoms with van der Waals surface area (Å²) in [6, 6.07) is 3.60. The molecule has 0 aromatic carbocycles. The third kappa shape index (κ3) is 6.70. The van der Waals surface area contributed by atoms with E-state index in [2.05, 4.69) is 10.0 Å². The number of sulfonamides is 1. The molecule has 18 heavy (non-hydrogen) atoms. The first-order valence-corrected chi connectivity index (χ1v) is 8.80. The highest BCUT2D eigenvalue weighted by molar-refractivity contribution is 7.89. The Hall–Kier alpha value is -0.140.